The molecule has 0 saturated carbocycles. The van der Waals surface area contributed by atoms with Crippen molar-refractivity contribution in [2.45, 2.75) is 27.2 Å². The fraction of sp³-hybridized carbons (Fsp3) is 0.148. The molecule has 0 unspecified atom stereocenters. The number of hydrogen-bond donors (Lipinski definition) is 2. The van der Waals surface area contributed by atoms with Crippen LogP contribution in [0.5, 0.6) is 0 Å². The molecule has 0 spiro atoms. The first kappa shape index (κ1) is 23.3. The largest absolute Gasteiger partial charge is 0.350 e. The maximum Gasteiger partial charge on any atom is 0.283 e. The quantitative estimate of drug-likeness (QED) is 0.460. The van der Waals surface area contributed by atoms with Crippen molar-refractivity contribution in [3.05, 3.63) is 99.7 Å². The van der Waals surface area contributed by atoms with E-state index in [4.69, 9.17) is 11.6 Å². The smallest absolute Gasteiger partial charge is 0.283 e. The molecule has 7 heteroatoms. The average Bonchev–Trinajstić information content (AvgIpc) is 3.04. The lowest BCUT2D eigenvalue weighted by molar-refractivity contribution is -0.120. The highest BCUT2D eigenvalue weighted by Gasteiger charge is 2.39. The molecule has 3 amide bonds. The van der Waals surface area contributed by atoms with Crippen LogP contribution in [0.1, 0.15) is 34.0 Å². The Balaban J connectivity index is 1.57. The Labute approximate surface area is 203 Å². The van der Waals surface area contributed by atoms with Gasteiger partial charge in [-0.15, -0.1) is 0 Å². The maximum atomic E-state index is 13.1. The molecule has 0 radical (unpaired) electrons. The molecule has 0 aliphatic carbocycles. The third-order valence-electron chi connectivity index (χ3n) is 5.88. The average molecular weight is 474 g/mol. The predicted molar refractivity (Wildman–Crippen MR) is 135 cm³/mol. The molecule has 1 aliphatic rings. The van der Waals surface area contributed by atoms with Gasteiger partial charge in [-0.3, -0.25) is 14.4 Å². The second-order valence-electron chi connectivity index (χ2n) is 8.02. The number of amides is 3. The zero-order chi connectivity index (χ0) is 24.4. The van der Waals surface area contributed by atoms with Gasteiger partial charge in [0.25, 0.3) is 17.7 Å². The third kappa shape index (κ3) is 4.32. The van der Waals surface area contributed by atoms with E-state index in [1.165, 1.54) is 0 Å². The van der Waals surface area contributed by atoms with E-state index < -0.39 is 11.8 Å². The zero-order valence-electron chi connectivity index (χ0n) is 19.1. The first-order chi connectivity index (χ1) is 16.3. The number of hydrogen-bond acceptors (Lipinski definition) is 4. The van der Waals surface area contributed by atoms with Crippen LogP contribution in [0.2, 0.25) is 0 Å². The first-order valence-corrected chi connectivity index (χ1v) is 11.3. The second kappa shape index (κ2) is 9.53. The summed E-state index contributed by atoms with van der Waals surface area (Å²) in [5.74, 6) is -1.42. The van der Waals surface area contributed by atoms with Gasteiger partial charge in [0, 0.05) is 16.9 Å². The summed E-state index contributed by atoms with van der Waals surface area (Å²) in [6.45, 7) is 5.78. The van der Waals surface area contributed by atoms with Crippen LogP contribution in [0.25, 0.3) is 0 Å². The minimum Gasteiger partial charge on any atom is -0.350 e. The molecule has 2 N–H and O–H groups in total. The number of imide groups is 1. The number of carbonyl (C=O) groups excluding carboxylic acids is 3. The van der Waals surface area contributed by atoms with Gasteiger partial charge in [0.05, 0.1) is 5.69 Å². The van der Waals surface area contributed by atoms with Crippen LogP contribution in [0.3, 0.4) is 0 Å². The first-order valence-electron chi connectivity index (χ1n) is 10.9. The Morgan fingerprint density at radius 3 is 2.44 bits per heavy atom. The maximum absolute atomic E-state index is 13.1. The van der Waals surface area contributed by atoms with E-state index in [1.807, 2.05) is 51.1 Å². The third-order valence-corrected chi connectivity index (χ3v) is 6.24. The SMILES string of the molecule is CCc1ccccc1NC(=O)c1cccc(NC2=C(Cl)C(=O)N(c3cccc(C)c3C)C2=O)c1. The Hall–Kier alpha value is -3.90. The number of para-hydroxylation sites is 1. The fourth-order valence-corrected chi connectivity index (χ4v) is 4.05. The highest BCUT2D eigenvalue weighted by Crippen LogP contribution is 2.33. The van der Waals surface area contributed by atoms with Crippen molar-refractivity contribution in [1.82, 2.24) is 0 Å². The lowest BCUT2D eigenvalue weighted by atomic mass is 10.1. The summed E-state index contributed by atoms with van der Waals surface area (Å²) >= 11 is 6.28. The van der Waals surface area contributed by atoms with Gasteiger partial charge in [0.2, 0.25) is 0 Å². The molecule has 1 heterocycles. The number of nitrogens with one attached hydrogen (secondary N) is 2. The normalized spacial score (nSPS) is 13.5. The second-order valence-corrected chi connectivity index (χ2v) is 8.40. The van der Waals surface area contributed by atoms with Crippen LogP contribution in [0, 0.1) is 13.8 Å². The molecule has 1 aliphatic heterocycles. The molecule has 0 aromatic heterocycles. The lowest BCUT2D eigenvalue weighted by Gasteiger charge is -2.18. The Bertz CT molecular complexity index is 1350. The summed E-state index contributed by atoms with van der Waals surface area (Å²) in [6, 6.07) is 19.7. The molecule has 34 heavy (non-hydrogen) atoms. The minimum absolute atomic E-state index is 0.0264. The zero-order valence-corrected chi connectivity index (χ0v) is 19.9. The van der Waals surface area contributed by atoms with Crippen LogP contribution in [-0.4, -0.2) is 17.7 Å². The summed E-state index contributed by atoms with van der Waals surface area (Å²) in [5, 5.41) is 5.67. The van der Waals surface area contributed by atoms with E-state index in [0.717, 1.165) is 33.7 Å². The number of halogens is 1. The van der Waals surface area contributed by atoms with Crippen molar-refractivity contribution < 1.29 is 14.4 Å². The lowest BCUT2D eigenvalue weighted by Crippen LogP contribution is -2.33. The molecule has 3 aromatic rings. The van der Waals surface area contributed by atoms with Crippen LogP contribution >= 0.6 is 11.6 Å². The van der Waals surface area contributed by atoms with Gasteiger partial charge in [-0.2, -0.15) is 0 Å². The number of benzene rings is 3. The fourth-order valence-electron chi connectivity index (χ4n) is 3.84. The monoisotopic (exact) mass is 473 g/mol. The topological polar surface area (TPSA) is 78.5 Å². The molecule has 0 saturated heterocycles. The Morgan fingerprint density at radius 1 is 0.941 bits per heavy atom. The van der Waals surface area contributed by atoms with Crippen molar-refractivity contribution in [2.75, 3.05) is 15.5 Å². The van der Waals surface area contributed by atoms with Crippen molar-refractivity contribution in [1.29, 1.82) is 0 Å². The molecular weight excluding hydrogens is 450 g/mol. The van der Waals surface area contributed by atoms with Gasteiger partial charge in [0.1, 0.15) is 10.7 Å². The van der Waals surface area contributed by atoms with Crippen LogP contribution in [-0.2, 0) is 16.0 Å². The molecule has 6 nitrogen and oxygen atoms in total. The van der Waals surface area contributed by atoms with Gasteiger partial charge in [-0.05, 0) is 67.3 Å². The molecular formula is C27H24ClN3O3. The van der Waals surface area contributed by atoms with Crippen LogP contribution in [0.4, 0.5) is 17.1 Å². The highest BCUT2D eigenvalue weighted by atomic mass is 35.5. The minimum atomic E-state index is -0.590. The standard InChI is InChI=1S/C27H24ClN3O3/c1-4-18-10-5-6-13-21(18)30-25(32)19-11-8-12-20(15-19)29-24-23(28)26(33)31(27(24)34)22-14-7-9-16(2)17(22)3/h5-15,29H,4H2,1-3H3,(H,30,32). The summed E-state index contributed by atoms with van der Waals surface area (Å²) in [4.78, 5) is 39.9. The highest BCUT2D eigenvalue weighted by molar-refractivity contribution is 6.53. The number of rotatable bonds is 6. The number of anilines is 3. The summed E-state index contributed by atoms with van der Waals surface area (Å²) in [6.07, 6.45) is 0.789. The van der Waals surface area contributed by atoms with Crippen LogP contribution in [0.15, 0.2) is 77.5 Å². The van der Waals surface area contributed by atoms with Gasteiger partial charge in [-0.25, -0.2) is 4.90 Å². The van der Waals surface area contributed by atoms with E-state index in [-0.39, 0.29) is 16.6 Å². The van der Waals surface area contributed by atoms with Gasteiger partial charge in [0.15, 0.2) is 0 Å². The van der Waals surface area contributed by atoms with Crippen LogP contribution < -0.4 is 15.5 Å². The molecule has 3 aromatic carbocycles. The summed E-state index contributed by atoms with van der Waals surface area (Å²) in [7, 11) is 0. The van der Waals surface area contributed by atoms with Crippen molar-refractivity contribution in [2.24, 2.45) is 0 Å². The summed E-state index contributed by atoms with van der Waals surface area (Å²) in [5.41, 5.74) is 4.89. The molecule has 172 valence electrons. The Morgan fingerprint density at radius 2 is 1.68 bits per heavy atom. The van der Waals surface area contributed by atoms with E-state index in [0.29, 0.717) is 16.9 Å². The molecule has 0 atom stereocenters. The van der Waals surface area contributed by atoms with Gasteiger partial charge in [-0.1, -0.05) is 54.9 Å². The Kier molecular flexibility index (Phi) is 6.52. The van der Waals surface area contributed by atoms with E-state index in [2.05, 4.69) is 10.6 Å². The number of carbonyl (C=O) groups is 3. The number of nitrogens with zero attached hydrogens (tertiary/aromatic N) is 1. The number of aryl methyl sites for hydroxylation is 2. The molecule has 0 fully saturated rings. The molecule has 4 rings (SSSR count). The van der Waals surface area contributed by atoms with Crippen molar-refractivity contribution in [3.8, 4) is 0 Å². The van der Waals surface area contributed by atoms with E-state index in [1.54, 1.807) is 36.4 Å². The molecule has 0 bridgehead atoms. The van der Waals surface area contributed by atoms with E-state index >= 15 is 0 Å². The van der Waals surface area contributed by atoms with Gasteiger partial charge < -0.3 is 10.6 Å². The summed E-state index contributed by atoms with van der Waals surface area (Å²) < 4.78 is 0. The van der Waals surface area contributed by atoms with Crippen molar-refractivity contribution in [3.63, 3.8) is 0 Å². The van der Waals surface area contributed by atoms with Gasteiger partial charge >= 0.3 is 0 Å². The van der Waals surface area contributed by atoms with E-state index in [9.17, 15) is 14.4 Å². The van der Waals surface area contributed by atoms with Crippen molar-refractivity contribution >= 4 is 46.4 Å². The predicted octanol–water partition coefficient (Wildman–Crippen LogP) is 5.55.